The number of nitrogens with two attached hydrogens (primary N) is 1. The highest BCUT2D eigenvalue weighted by atomic mass is 16.3. The number of benzene rings is 1. The third-order valence-electron chi connectivity index (χ3n) is 3.05. The molecule has 0 fully saturated rings. The lowest BCUT2D eigenvalue weighted by Gasteiger charge is -2.16. The summed E-state index contributed by atoms with van der Waals surface area (Å²) in [6.45, 7) is 2.59. The van der Waals surface area contributed by atoms with E-state index in [1.54, 1.807) is 24.1 Å². The Hall–Kier alpha value is -2.51. The Morgan fingerprint density at radius 1 is 1.29 bits per heavy atom. The highest BCUT2D eigenvalue weighted by Crippen LogP contribution is 2.14. The highest BCUT2D eigenvalue weighted by molar-refractivity contribution is 5.91. The number of carbonyl (C=O) groups excluding carboxylic acids is 1. The van der Waals surface area contributed by atoms with Crippen LogP contribution in [0, 0.1) is 18.8 Å². The minimum atomic E-state index is -0.148. The molecule has 0 spiro atoms. The van der Waals surface area contributed by atoms with Gasteiger partial charge in [-0.25, -0.2) is 0 Å². The van der Waals surface area contributed by atoms with Gasteiger partial charge >= 0.3 is 0 Å². The monoisotopic (exact) mass is 282 g/mol. The van der Waals surface area contributed by atoms with Crippen LogP contribution >= 0.6 is 0 Å². The molecule has 0 aliphatic rings. The third-order valence-corrected chi connectivity index (χ3v) is 3.05. The Kier molecular flexibility index (Phi) is 4.81. The molecular formula is C17H18N2O2. The van der Waals surface area contributed by atoms with Gasteiger partial charge in [0.25, 0.3) is 5.91 Å². The van der Waals surface area contributed by atoms with Crippen molar-refractivity contribution in [1.29, 1.82) is 0 Å². The van der Waals surface area contributed by atoms with Crippen molar-refractivity contribution in [2.24, 2.45) is 5.73 Å². The Labute approximate surface area is 124 Å². The summed E-state index contributed by atoms with van der Waals surface area (Å²) in [7, 11) is 1.74. The SMILES string of the molecule is Cc1ccc(C(=O)N(C)Cc2ccccc2C#CCN)o1. The molecule has 0 saturated heterocycles. The second kappa shape index (κ2) is 6.78. The zero-order valence-electron chi connectivity index (χ0n) is 12.2. The molecule has 2 rings (SSSR count). The van der Waals surface area contributed by atoms with Gasteiger partial charge in [-0.3, -0.25) is 4.79 Å². The molecule has 1 aromatic carbocycles. The fourth-order valence-electron chi connectivity index (χ4n) is 1.99. The van der Waals surface area contributed by atoms with E-state index in [4.69, 9.17) is 10.2 Å². The first kappa shape index (κ1) is 14.9. The maximum Gasteiger partial charge on any atom is 0.289 e. The van der Waals surface area contributed by atoms with Crippen molar-refractivity contribution in [3.8, 4) is 11.8 Å². The van der Waals surface area contributed by atoms with Gasteiger partial charge in [-0.05, 0) is 30.7 Å². The van der Waals surface area contributed by atoms with E-state index in [1.165, 1.54) is 0 Å². The summed E-state index contributed by atoms with van der Waals surface area (Å²) in [5.41, 5.74) is 7.27. The summed E-state index contributed by atoms with van der Waals surface area (Å²) in [6, 6.07) is 11.2. The molecule has 1 amide bonds. The molecule has 4 heteroatoms. The van der Waals surface area contributed by atoms with Gasteiger partial charge < -0.3 is 15.1 Å². The van der Waals surface area contributed by atoms with Crippen LogP contribution in [0.15, 0.2) is 40.8 Å². The number of aryl methyl sites for hydroxylation is 1. The van der Waals surface area contributed by atoms with E-state index in [1.807, 2.05) is 31.2 Å². The van der Waals surface area contributed by atoms with Gasteiger partial charge in [-0.2, -0.15) is 0 Å². The van der Waals surface area contributed by atoms with Crippen LogP contribution < -0.4 is 5.73 Å². The summed E-state index contributed by atoms with van der Waals surface area (Å²) in [5, 5.41) is 0. The lowest BCUT2D eigenvalue weighted by molar-refractivity contribution is 0.0752. The molecular weight excluding hydrogens is 264 g/mol. The Balaban J connectivity index is 2.16. The lowest BCUT2D eigenvalue weighted by Crippen LogP contribution is -2.26. The van der Waals surface area contributed by atoms with Crippen molar-refractivity contribution in [2.45, 2.75) is 13.5 Å². The molecule has 2 aromatic rings. The van der Waals surface area contributed by atoms with Gasteiger partial charge in [0.15, 0.2) is 5.76 Å². The van der Waals surface area contributed by atoms with Gasteiger partial charge in [0, 0.05) is 19.2 Å². The minimum Gasteiger partial charge on any atom is -0.456 e. The van der Waals surface area contributed by atoms with E-state index in [0.717, 1.165) is 16.9 Å². The molecule has 0 radical (unpaired) electrons. The number of nitrogens with zero attached hydrogens (tertiary/aromatic N) is 1. The summed E-state index contributed by atoms with van der Waals surface area (Å²) in [6.07, 6.45) is 0. The predicted molar refractivity (Wildman–Crippen MR) is 81.6 cm³/mol. The van der Waals surface area contributed by atoms with Gasteiger partial charge in [-0.1, -0.05) is 30.0 Å². The molecule has 2 N–H and O–H groups in total. The molecule has 0 saturated carbocycles. The second-order valence-electron chi connectivity index (χ2n) is 4.73. The smallest absolute Gasteiger partial charge is 0.289 e. The largest absolute Gasteiger partial charge is 0.456 e. The van der Waals surface area contributed by atoms with E-state index in [2.05, 4.69) is 11.8 Å². The maximum atomic E-state index is 12.3. The average Bonchev–Trinajstić information content (AvgIpc) is 2.92. The third kappa shape index (κ3) is 3.74. The van der Waals surface area contributed by atoms with Crippen molar-refractivity contribution in [3.63, 3.8) is 0 Å². The zero-order valence-corrected chi connectivity index (χ0v) is 12.2. The molecule has 0 aliphatic heterocycles. The highest BCUT2D eigenvalue weighted by Gasteiger charge is 2.16. The summed E-state index contributed by atoms with van der Waals surface area (Å²) in [5.74, 6) is 6.79. The van der Waals surface area contributed by atoms with Gasteiger partial charge in [0.2, 0.25) is 0 Å². The molecule has 1 aromatic heterocycles. The fourth-order valence-corrected chi connectivity index (χ4v) is 1.99. The predicted octanol–water partition coefficient (Wildman–Crippen LogP) is 2.17. The van der Waals surface area contributed by atoms with Crippen LogP contribution in [0.1, 0.15) is 27.4 Å². The maximum absolute atomic E-state index is 12.3. The molecule has 0 bridgehead atoms. The minimum absolute atomic E-state index is 0.148. The van der Waals surface area contributed by atoms with E-state index in [9.17, 15) is 4.79 Å². The first-order chi connectivity index (χ1) is 10.1. The van der Waals surface area contributed by atoms with Crippen molar-refractivity contribution in [3.05, 3.63) is 59.0 Å². The normalized spacial score (nSPS) is 9.86. The number of hydrogen-bond donors (Lipinski definition) is 1. The summed E-state index contributed by atoms with van der Waals surface area (Å²) in [4.78, 5) is 13.9. The van der Waals surface area contributed by atoms with Gasteiger partial charge in [0.1, 0.15) is 5.76 Å². The lowest BCUT2D eigenvalue weighted by atomic mass is 10.1. The molecule has 21 heavy (non-hydrogen) atoms. The van der Waals surface area contributed by atoms with Gasteiger partial charge in [0.05, 0.1) is 6.54 Å². The summed E-state index contributed by atoms with van der Waals surface area (Å²) < 4.78 is 5.36. The average molecular weight is 282 g/mol. The van der Waals surface area contributed by atoms with Crippen molar-refractivity contribution in [1.82, 2.24) is 4.90 Å². The Bertz CT molecular complexity index is 692. The number of hydrogen-bond acceptors (Lipinski definition) is 3. The van der Waals surface area contributed by atoms with Crippen molar-refractivity contribution < 1.29 is 9.21 Å². The standard InChI is InChI=1S/C17H18N2O2/c1-13-9-10-16(21-13)17(20)19(2)12-15-7-4-3-6-14(15)8-5-11-18/h3-4,6-7,9-10H,11-12,18H2,1-2H3. The molecule has 0 atom stereocenters. The first-order valence-corrected chi connectivity index (χ1v) is 6.70. The number of carbonyl (C=O) groups is 1. The topological polar surface area (TPSA) is 59.5 Å². The number of furan rings is 1. The second-order valence-corrected chi connectivity index (χ2v) is 4.73. The van der Waals surface area contributed by atoms with Crippen molar-refractivity contribution >= 4 is 5.91 Å². The molecule has 1 heterocycles. The fraction of sp³-hybridized carbons (Fsp3) is 0.235. The molecule has 108 valence electrons. The Morgan fingerprint density at radius 3 is 2.71 bits per heavy atom. The van der Waals surface area contributed by atoms with E-state index in [0.29, 0.717) is 18.8 Å². The molecule has 4 nitrogen and oxygen atoms in total. The zero-order chi connectivity index (χ0) is 15.2. The quantitative estimate of drug-likeness (QED) is 0.878. The van der Waals surface area contributed by atoms with Crippen LogP contribution in [0.5, 0.6) is 0 Å². The Morgan fingerprint density at radius 2 is 2.05 bits per heavy atom. The van der Waals surface area contributed by atoms with E-state index in [-0.39, 0.29) is 5.91 Å². The summed E-state index contributed by atoms with van der Waals surface area (Å²) >= 11 is 0. The van der Waals surface area contributed by atoms with Crippen LogP contribution in [-0.2, 0) is 6.54 Å². The van der Waals surface area contributed by atoms with Crippen LogP contribution in [0.2, 0.25) is 0 Å². The van der Waals surface area contributed by atoms with Crippen molar-refractivity contribution in [2.75, 3.05) is 13.6 Å². The van der Waals surface area contributed by atoms with Crippen LogP contribution in [0.25, 0.3) is 0 Å². The van der Waals surface area contributed by atoms with Gasteiger partial charge in [-0.15, -0.1) is 0 Å². The van der Waals surface area contributed by atoms with E-state index < -0.39 is 0 Å². The first-order valence-electron chi connectivity index (χ1n) is 6.70. The van der Waals surface area contributed by atoms with Crippen LogP contribution in [0.4, 0.5) is 0 Å². The number of amides is 1. The van der Waals surface area contributed by atoms with Crippen LogP contribution in [0.3, 0.4) is 0 Å². The number of rotatable bonds is 3. The van der Waals surface area contributed by atoms with Crippen LogP contribution in [-0.4, -0.2) is 24.4 Å². The molecule has 0 aliphatic carbocycles. The molecule has 0 unspecified atom stereocenters. The van der Waals surface area contributed by atoms with E-state index >= 15 is 0 Å².